The minimum atomic E-state index is -3.21. The Labute approximate surface area is 170 Å². The fraction of sp³-hybridized carbons (Fsp3) is 0.316. The van der Waals surface area contributed by atoms with Crippen LogP contribution in [0.2, 0.25) is 10.0 Å². The lowest BCUT2D eigenvalue weighted by Gasteiger charge is -2.25. The minimum absolute atomic E-state index is 0.0289. The molecule has 0 bridgehead atoms. The molecule has 2 rings (SSSR count). The minimum Gasteiger partial charge on any atom is -0.325 e. The van der Waals surface area contributed by atoms with Gasteiger partial charge >= 0.3 is 0 Å². The number of halogens is 2. The largest absolute Gasteiger partial charge is 0.325 e. The van der Waals surface area contributed by atoms with Gasteiger partial charge in [0.05, 0.1) is 15.6 Å². The van der Waals surface area contributed by atoms with Gasteiger partial charge in [-0.15, -0.1) is 0 Å². The highest BCUT2D eigenvalue weighted by molar-refractivity contribution is 7.90. The average Bonchev–Trinajstić information content (AvgIpc) is 2.61. The Bertz CT molecular complexity index is 915. The van der Waals surface area contributed by atoms with Crippen molar-refractivity contribution in [1.29, 1.82) is 0 Å². The first-order valence-corrected chi connectivity index (χ1v) is 11.0. The van der Waals surface area contributed by atoms with Crippen molar-refractivity contribution in [2.45, 2.75) is 24.3 Å². The van der Waals surface area contributed by atoms with Crippen LogP contribution in [-0.2, 0) is 14.6 Å². The number of benzene rings is 2. The van der Waals surface area contributed by atoms with Crippen LogP contribution in [-0.4, -0.2) is 39.1 Å². The molecule has 0 fully saturated rings. The number of nitrogens with zero attached hydrogens (tertiary/aromatic N) is 1. The van der Waals surface area contributed by atoms with Gasteiger partial charge in [-0.05, 0) is 49.9 Å². The van der Waals surface area contributed by atoms with Crippen LogP contribution < -0.4 is 5.32 Å². The zero-order valence-electron chi connectivity index (χ0n) is 15.4. The monoisotopic (exact) mass is 428 g/mol. The predicted octanol–water partition coefficient (Wildman–Crippen LogP) is 4.42. The summed E-state index contributed by atoms with van der Waals surface area (Å²) in [5, 5.41) is 3.69. The average molecular weight is 429 g/mol. The maximum Gasteiger partial charge on any atom is 0.225 e. The van der Waals surface area contributed by atoms with Gasteiger partial charge < -0.3 is 5.32 Å². The van der Waals surface area contributed by atoms with Crippen molar-refractivity contribution in [3.63, 3.8) is 0 Å². The summed E-state index contributed by atoms with van der Waals surface area (Å²) in [5.74, 6) is -0.161. The van der Waals surface area contributed by atoms with E-state index in [1.54, 1.807) is 42.5 Å². The quantitative estimate of drug-likeness (QED) is 0.708. The Hall–Kier alpha value is -1.60. The molecular weight excluding hydrogens is 407 g/mol. The summed E-state index contributed by atoms with van der Waals surface area (Å²) in [7, 11) is -1.30. The molecule has 2 aromatic carbocycles. The lowest BCUT2D eigenvalue weighted by molar-refractivity contribution is -0.116. The van der Waals surface area contributed by atoms with Crippen LogP contribution >= 0.6 is 23.2 Å². The van der Waals surface area contributed by atoms with Crippen LogP contribution in [0.15, 0.2) is 47.4 Å². The molecule has 0 aromatic heterocycles. The van der Waals surface area contributed by atoms with E-state index in [1.807, 2.05) is 18.9 Å². The summed E-state index contributed by atoms with van der Waals surface area (Å²) in [5.41, 5.74) is 1.46. The number of carbonyl (C=O) groups is 1. The Morgan fingerprint density at radius 3 is 2.37 bits per heavy atom. The van der Waals surface area contributed by atoms with E-state index in [4.69, 9.17) is 23.2 Å². The number of sulfone groups is 1. The highest BCUT2D eigenvalue weighted by atomic mass is 35.5. The zero-order chi connectivity index (χ0) is 20.2. The molecule has 1 amide bonds. The number of hydrogen-bond acceptors (Lipinski definition) is 4. The van der Waals surface area contributed by atoms with Gasteiger partial charge in [-0.3, -0.25) is 9.69 Å². The summed E-state index contributed by atoms with van der Waals surface area (Å²) < 4.78 is 23.1. The van der Waals surface area contributed by atoms with Crippen molar-refractivity contribution in [3.8, 4) is 0 Å². The molecule has 146 valence electrons. The van der Waals surface area contributed by atoms with E-state index in [9.17, 15) is 13.2 Å². The molecule has 1 atom stereocenters. The topological polar surface area (TPSA) is 66.5 Å². The van der Waals surface area contributed by atoms with Gasteiger partial charge in [0.1, 0.15) is 0 Å². The first-order chi connectivity index (χ1) is 12.6. The molecule has 5 nitrogen and oxygen atoms in total. The van der Waals surface area contributed by atoms with E-state index in [-0.39, 0.29) is 18.4 Å². The van der Waals surface area contributed by atoms with Crippen LogP contribution in [0.1, 0.15) is 24.9 Å². The van der Waals surface area contributed by atoms with Crippen molar-refractivity contribution in [2.24, 2.45) is 0 Å². The van der Waals surface area contributed by atoms with Crippen molar-refractivity contribution in [1.82, 2.24) is 4.90 Å². The van der Waals surface area contributed by atoms with Gasteiger partial charge in [-0.25, -0.2) is 8.42 Å². The molecule has 0 saturated carbocycles. The number of hydrogen-bond donors (Lipinski definition) is 1. The third-order valence-electron chi connectivity index (χ3n) is 4.35. The molecule has 0 aliphatic carbocycles. The number of anilines is 1. The highest BCUT2D eigenvalue weighted by Crippen LogP contribution is 2.26. The molecule has 0 aliphatic heterocycles. The molecule has 1 N–H and O–H groups in total. The lowest BCUT2D eigenvalue weighted by atomic mass is 10.1. The fourth-order valence-electron chi connectivity index (χ4n) is 2.53. The van der Waals surface area contributed by atoms with Crippen LogP contribution in [0.5, 0.6) is 0 Å². The van der Waals surface area contributed by atoms with Crippen molar-refractivity contribution >= 4 is 44.6 Å². The standard InChI is InChI=1S/C19H22Cl2N2O3S/c1-13(14-4-7-16(8-5-14)27(3,25)26)23(2)11-10-19(24)22-18-12-15(20)6-9-17(18)21/h4-9,12-13H,10-11H2,1-3H3,(H,22,24). The van der Waals surface area contributed by atoms with Gasteiger partial charge in [0.25, 0.3) is 0 Å². The molecular formula is C19H22Cl2N2O3S. The summed E-state index contributed by atoms with van der Waals surface area (Å²) in [6.07, 6.45) is 1.47. The van der Waals surface area contributed by atoms with E-state index in [0.29, 0.717) is 27.2 Å². The van der Waals surface area contributed by atoms with E-state index in [2.05, 4.69) is 5.32 Å². The molecule has 0 radical (unpaired) electrons. The lowest BCUT2D eigenvalue weighted by Crippen LogP contribution is -2.27. The van der Waals surface area contributed by atoms with E-state index in [0.717, 1.165) is 5.56 Å². The van der Waals surface area contributed by atoms with Gasteiger partial charge in [-0.2, -0.15) is 0 Å². The molecule has 2 aromatic rings. The number of amides is 1. The normalized spacial score (nSPS) is 12.8. The highest BCUT2D eigenvalue weighted by Gasteiger charge is 2.15. The maximum atomic E-state index is 12.2. The predicted molar refractivity (Wildman–Crippen MR) is 110 cm³/mol. The molecule has 0 heterocycles. The van der Waals surface area contributed by atoms with E-state index in [1.165, 1.54) is 6.26 Å². The second kappa shape index (κ2) is 9.06. The first kappa shape index (κ1) is 21.7. The SMILES string of the molecule is CC(c1ccc(S(C)(=O)=O)cc1)N(C)CCC(=O)Nc1cc(Cl)ccc1Cl. The number of rotatable bonds is 7. The van der Waals surface area contributed by atoms with Crippen molar-refractivity contribution < 1.29 is 13.2 Å². The van der Waals surface area contributed by atoms with E-state index < -0.39 is 9.84 Å². The van der Waals surface area contributed by atoms with Crippen molar-refractivity contribution in [2.75, 3.05) is 25.2 Å². The second-order valence-corrected chi connectivity index (χ2v) is 9.28. The van der Waals surface area contributed by atoms with Crippen LogP contribution in [0.25, 0.3) is 0 Å². The molecule has 0 saturated heterocycles. The third-order valence-corrected chi connectivity index (χ3v) is 6.04. The van der Waals surface area contributed by atoms with Gasteiger partial charge in [0, 0.05) is 30.3 Å². The summed E-state index contributed by atoms with van der Waals surface area (Å²) in [4.78, 5) is 14.5. The molecule has 0 spiro atoms. The van der Waals surface area contributed by atoms with Crippen LogP contribution in [0, 0.1) is 0 Å². The fourth-order valence-corrected chi connectivity index (χ4v) is 3.49. The summed E-state index contributed by atoms with van der Waals surface area (Å²) >= 11 is 12.0. The van der Waals surface area contributed by atoms with Gasteiger partial charge in [-0.1, -0.05) is 35.3 Å². The first-order valence-electron chi connectivity index (χ1n) is 8.33. The van der Waals surface area contributed by atoms with Crippen LogP contribution in [0.4, 0.5) is 5.69 Å². The second-order valence-electron chi connectivity index (χ2n) is 6.42. The Balaban J connectivity index is 1.93. The van der Waals surface area contributed by atoms with Crippen LogP contribution in [0.3, 0.4) is 0 Å². The smallest absolute Gasteiger partial charge is 0.225 e. The zero-order valence-corrected chi connectivity index (χ0v) is 17.7. The van der Waals surface area contributed by atoms with Gasteiger partial charge in [0.15, 0.2) is 9.84 Å². The Morgan fingerprint density at radius 1 is 1.15 bits per heavy atom. The Kier molecular flexibility index (Phi) is 7.28. The number of nitrogens with one attached hydrogen (secondary N) is 1. The molecule has 27 heavy (non-hydrogen) atoms. The molecule has 8 heteroatoms. The molecule has 1 unspecified atom stereocenters. The van der Waals surface area contributed by atoms with Crippen molar-refractivity contribution in [3.05, 3.63) is 58.1 Å². The maximum absolute atomic E-state index is 12.2. The van der Waals surface area contributed by atoms with Gasteiger partial charge in [0.2, 0.25) is 5.91 Å². The Morgan fingerprint density at radius 2 is 1.78 bits per heavy atom. The summed E-state index contributed by atoms with van der Waals surface area (Å²) in [6, 6.07) is 11.7. The molecule has 0 aliphatic rings. The van der Waals surface area contributed by atoms with E-state index >= 15 is 0 Å². The summed E-state index contributed by atoms with van der Waals surface area (Å²) in [6.45, 7) is 2.53. The number of carbonyl (C=O) groups excluding carboxylic acids is 1. The third kappa shape index (κ3) is 6.21.